The lowest BCUT2D eigenvalue weighted by molar-refractivity contribution is -0.154. The lowest BCUT2D eigenvalue weighted by atomic mass is 10.1. The molecule has 0 N–H and O–H groups in total. The van der Waals surface area contributed by atoms with Gasteiger partial charge in [-0.15, -0.1) is 0 Å². The van der Waals surface area contributed by atoms with Crippen LogP contribution in [0.1, 0.15) is 18.9 Å². The Kier molecular flexibility index (Phi) is 6.95. The summed E-state index contributed by atoms with van der Waals surface area (Å²) in [7, 11) is 0. The first-order valence-corrected chi connectivity index (χ1v) is 7.90. The van der Waals surface area contributed by atoms with Crippen LogP contribution in [0.3, 0.4) is 0 Å². The van der Waals surface area contributed by atoms with Crippen LogP contribution >= 0.6 is 0 Å². The predicted octanol–water partition coefficient (Wildman–Crippen LogP) is 3.66. The molecule has 0 unspecified atom stereocenters. The fourth-order valence-electron chi connectivity index (χ4n) is 2.07. The second-order valence-corrected chi connectivity index (χ2v) is 5.16. The second kappa shape index (κ2) is 9.42. The highest BCUT2D eigenvalue weighted by Crippen LogP contribution is 2.22. The zero-order valence-corrected chi connectivity index (χ0v) is 13.9. The van der Waals surface area contributed by atoms with E-state index in [1.807, 2.05) is 18.2 Å². The summed E-state index contributed by atoms with van der Waals surface area (Å²) < 4.78 is 28.2. The zero-order chi connectivity index (χ0) is 18.1. The molecule has 0 fully saturated rings. The van der Waals surface area contributed by atoms with Crippen molar-refractivity contribution in [2.75, 3.05) is 13.2 Å². The van der Waals surface area contributed by atoms with Crippen LogP contribution in [0.2, 0.25) is 0 Å². The van der Waals surface area contributed by atoms with Crippen molar-refractivity contribution >= 4 is 11.9 Å². The topological polar surface area (TPSA) is 61.8 Å². The number of hydrogen-bond acceptors (Lipinski definition) is 5. The number of carbonyl (C=O) groups excluding carboxylic acids is 2. The Hall–Kier alpha value is -2.89. The van der Waals surface area contributed by atoms with Crippen molar-refractivity contribution in [2.45, 2.75) is 19.8 Å². The lowest BCUT2D eigenvalue weighted by Crippen LogP contribution is -2.15. The Morgan fingerprint density at radius 3 is 2.40 bits per heavy atom. The van der Waals surface area contributed by atoms with Gasteiger partial charge in [-0.2, -0.15) is 0 Å². The number of carbonyl (C=O) groups is 2. The van der Waals surface area contributed by atoms with Crippen molar-refractivity contribution in [2.24, 2.45) is 0 Å². The number of halogens is 1. The molecule has 0 atom stereocenters. The minimum absolute atomic E-state index is 0.151. The van der Waals surface area contributed by atoms with Crippen molar-refractivity contribution in [3.8, 4) is 11.5 Å². The van der Waals surface area contributed by atoms with Crippen LogP contribution in [0, 0.1) is 5.82 Å². The van der Waals surface area contributed by atoms with Gasteiger partial charge in [0.1, 0.15) is 23.7 Å². The minimum Gasteiger partial charge on any atom is -0.466 e. The molecule has 0 bridgehead atoms. The van der Waals surface area contributed by atoms with Crippen molar-refractivity contribution in [1.29, 1.82) is 0 Å². The Morgan fingerprint density at radius 1 is 0.960 bits per heavy atom. The molecule has 2 rings (SSSR count). The Balaban J connectivity index is 1.82. The van der Waals surface area contributed by atoms with Crippen molar-refractivity contribution in [3.05, 3.63) is 59.9 Å². The fourth-order valence-corrected chi connectivity index (χ4v) is 2.07. The van der Waals surface area contributed by atoms with Gasteiger partial charge in [-0.1, -0.05) is 12.1 Å². The molecule has 0 aliphatic rings. The predicted molar refractivity (Wildman–Crippen MR) is 88.8 cm³/mol. The molecule has 6 heteroatoms. The average molecular weight is 346 g/mol. The lowest BCUT2D eigenvalue weighted by Gasteiger charge is -2.08. The normalized spacial score (nSPS) is 10.2. The van der Waals surface area contributed by atoms with Gasteiger partial charge in [-0.3, -0.25) is 9.59 Å². The first-order chi connectivity index (χ1) is 12.1. The van der Waals surface area contributed by atoms with E-state index < -0.39 is 11.9 Å². The molecule has 2 aromatic rings. The summed E-state index contributed by atoms with van der Waals surface area (Å²) in [5.74, 6) is -0.411. The van der Waals surface area contributed by atoms with E-state index >= 15 is 0 Å². The van der Waals surface area contributed by atoms with Crippen molar-refractivity contribution in [1.82, 2.24) is 0 Å². The molecule has 0 aliphatic carbocycles. The standard InChI is InChI=1S/C19H19FO5/c1-2-23-18(21)13-19(22)24-11-10-14-4-3-5-17(12-14)25-16-8-6-15(20)7-9-16/h3-9,12H,2,10-11,13H2,1H3. The average Bonchev–Trinajstić information content (AvgIpc) is 2.57. The van der Waals surface area contributed by atoms with Gasteiger partial charge in [0.05, 0.1) is 13.2 Å². The van der Waals surface area contributed by atoms with Crippen LogP contribution in [0.25, 0.3) is 0 Å². The van der Waals surface area contributed by atoms with Crippen LogP contribution < -0.4 is 4.74 Å². The summed E-state index contributed by atoms with van der Waals surface area (Å²) in [5.41, 5.74) is 0.906. The van der Waals surface area contributed by atoms with Crippen LogP contribution in [0.4, 0.5) is 4.39 Å². The summed E-state index contributed by atoms with van der Waals surface area (Å²) in [6, 6.07) is 13.0. The molecule has 5 nitrogen and oxygen atoms in total. The fraction of sp³-hybridized carbons (Fsp3) is 0.263. The maximum atomic E-state index is 12.9. The third-order valence-corrected chi connectivity index (χ3v) is 3.20. The van der Waals surface area contributed by atoms with E-state index in [2.05, 4.69) is 4.74 Å². The van der Waals surface area contributed by atoms with Crippen LogP contribution in [0.5, 0.6) is 11.5 Å². The molecule has 0 aromatic heterocycles. The molecule has 0 heterocycles. The van der Waals surface area contributed by atoms with Crippen molar-refractivity contribution in [3.63, 3.8) is 0 Å². The van der Waals surface area contributed by atoms with E-state index in [1.165, 1.54) is 12.1 Å². The minimum atomic E-state index is -0.614. The number of benzene rings is 2. The van der Waals surface area contributed by atoms with Crippen LogP contribution in [-0.4, -0.2) is 25.2 Å². The first kappa shape index (κ1) is 18.4. The van der Waals surface area contributed by atoms with E-state index in [-0.39, 0.29) is 25.5 Å². The molecule has 0 spiro atoms. The number of esters is 2. The molecule has 0 aliphatic heterocycles. The summed E-state index contributed by atoms with van der Waals surface area (Å²) in [6.07, 6.45) is 0.0940. The zero-order valence-electron chi connectivity index (χ0n) is 13.9. The van der Waals surface area contributed by atoms with Gasteiger partial charge < -0.3 is 14.2 Å². The van der Waals surface area contributed by atoms with E-state index in [4.69, 9.17) is 9.47 Å². The third-order valence-electron chi connectivity index (χ3n) is 3.20. The number of ether oxygens (including phenoxy) is 3. The maximum absolute atomic E-state index is 12.9. The summed E-state index contributed by atoms with van der Waals surface area (Å²) in [6.45, 7) is 2.05. The van der Waals surface area contributed by atoms with E-state index in [0.717, 1.165) is 5.56 Å². The van der Waals surface area contributed by atoms with Crippen molar-refractivity contribution < 1.29 is 28.2 Å². The van der Waals surface area contributed by atoms with Gasteiger partial charge in [0.15, 0.2) is 0 Å². The van der Waals surface area contributed by atoms with Crippen LogP contribution in [-0.2, 0) is 25.5 Å². The van der Waals surface area contributed by atoms with E-state index in [0.29, 0.717) is 17.9 Å². The molecule has 0 saturated heterocycles. The van der Waals surface area contributed by atoms with E-state index in [1.54, 1.807) is 25.1 Å². The van der Waals surface area contributed by atoms with Gasteiger partial charge in [0.2, 0.25) is 0 Å². The van der Waals surface area contributed by atoms with Gasteiger partial charge in [0.25, 0.3) is 0 Å². The smallest absolute Gasteiger partial charge is 0.317 e. The molecule has 2 aromatic carbocycles. The highest BCUT2D eigenvalue weighted by Gasteiger charge is 2.11. The van der Waals surface area contributed by atoms with Crippen LogP contribution in [0.15, 0.2) is 48.5 Å². The van der Waals surface area contributed by atoms with E-state index in [9.17, 15) is 14.0 Å². The summed E-state index contributed by atoms with van der Waals surface area (Å²) >= 11 is 0. The van der Waals surface area contributed by atoms with Gasteiger partial charge in [-0.25, -0.2) is 4.39 Å². The highest BCUT2D eigenvalue weighted by atomic mass is 19.1. The third kappa shape index (κ3) is 6.63. The molecule has 0 radical (unpaired) electrons. The Bertz CT molecular complexity index is 712. The summed E-state index contributed by atoms with van der Waals surface area (Å²) in [5, 5.41) is 0. The first-order valence-electron chi connectivity index (χ1n) is 7.90. The Morgan fingerprint density at radius 2 is 1.68 bits per heavy atom. The number of rotatable bonds is 8. The largest absolute Gasteiger partial charge is 0.466 e. The quantitative estimate of drug-likeness (QED) is 0.539. The van der Waals surface area contributed by atoms with Gasteiger partial charge in [-0.05, 0) is 48.9 Å². The second-order valence-electron chi connectivity index (χ2n) is 5.16. The molecule has 0 amide bonds. The molecular weight excluding hydrogens is 327 g/mol. The molecule has 0 saturated carbocycles. The molecule has 132 valence electrons. The monoisotopic (exact) mass is 346 g/mol. The van der Waals surface area contributed by atoms with Gasteiger partial charge >= 0.3 is 11.9 Å². The summed E-state index contributed by atoms with van der Waals surface area (Å²) in [4.78, 5) is 22.6. The number of hydrogen-bond donors (Lipinski definition) is 0. The van der Waals surface area contributed by atoms with Gasteiger partial charge in [0, 0.05) is 6.42 Å². The maximum Gasteiger partial charge on any atom is 0.317 e. The highest BCUT2D eigenvalue weighted by molar-refractivity contribution is 5.91. The Labute approximate surface area is 145 Å². The molecule has 25 heavy (non-hydrogen) atoms. The SMILES string of the molecule is CCOC(=O)CC(=O)OCCc1cccc(Oc2ccc(F)cc2)c1. The molecular formula is C19H19FO5.